The highest BCUT2D eigenvalue weighted by molar-refractivity contribution is 6.42. The molecular formula is C24H30Cl2N2O3. The molecule has 0 fully saturated rings. The molecular weight excluding hydrogens is 435 g/mol. The quantitative estimate of drug-likeness (QED) is 0.555. The molecule has 0 saturated carbocycles. The van der Waals surface area contributed by atoms with Crippen LogP contribution in [0.15, 0.2) is 36.4 Å². The maximum absolute atomic E-state index is 13.1. The summed E-state index contributed by atoms with van der Waals surface area (Å²) in [6.45, 7) is 10.3. The summed E-state index contributed by atoms with van der Waals surface area (Å²) in [4.78, 5) is 27.2. The number of benzene rings is 2. The third kappa shape index (κ3) is 7.44. The van der Waals surface area contributed by atoms with Gasteiger partial charge in [0.2, 0.25) is 5.91 Å². The summed E-state index contributed by atoms with van der Waals surface area (Å²) in [6, 6.07) is 10.2. The Labute approximate surface area is 194 Å². The summed E-state index contributed by atoms with van der Waals surface area (Å²) in [5, 5.41) is 3.72. The number of rotatable bonds is 9. The van der Waals surface area contributed by atoms with Crippen molar-refractivity contribution in [3.63, 3.8) is 0 Å². The van der Waals surface area contributed by atoms with E-state index in [1.807, 2.05) is 45.9 Å². The fourth-order valence-corrected chi connectivity index (χ4v) is 3.22. The van der Waals surface area contributed by atoms with Gasteiger partial charge in [-0.3, -0.25) is 9.59 Å². The van der Waals surface area contributed by atoms with E-state index in [0.29, 0.717) is 28.3 Å². The van der Waals surface area contributed by atoms with Gasteiger partial charge in [0.1, 0.15) is 11.8 Å². The Morgan fingerprint density at radius 1 is 1.00 bits per heavy atom. The minimum absolute atomic E-state index is 0.175. The first kappa shape index (κ1) is 25.0. The Morgan fingerprint density at radius 2 is 1.71 bits per heavy atom. The molecule has 31 heavy (non-hydrogen) atoms. The van der Waals surface area contributed by atoms with Crippen LogP contribution in [0.3, 0.4) is 0 Å². The van der Waals surface area contributed by atoms with Crippen molar-refractivity contribution >= 4 is 35.0 Å². The second-order valence-electron chi connectivity index (χ2n) is 8.12. The van der Waals surface area contributed by atoms with Crippen molar-refractivity contribution in [2.24, 2.45) is 5.92 Å². The fourth-order valence-electron chi connectivity index (χ4n) is 2.90. The molecule has 0 heterocycles. The molecule has 2 rings (SSSR count). The molecule has 2 aromatic carbocycles. The molecule has 0 aliphatic rings. The zero-order valence-electron chi connectivity index (χ0n) is 18.7. The van der Waals surface area contributed by atoms with E-state index in [9.17, 15) is 9.59 Å². The lowest BCUT2D eigenvalue weighted by molar-refractivity contribution is -0.142. The van der Waals surface area contributed by atoms with Gasteiger partial charge in [-0.15, -0.1) is 0 Å². The molecule has 0 radical (unpaired) electrons. The molecule has 5 nitrogen and oxygen atoms in total. The van der Waals surface area contributed by atoms with Gasteiger partial charge in [0.25, 0.3) is 5.91 Å². The lowest BCUT2D eigenvalue weighted by atomic mass is 10.1. The first-order valence-electron chi connectivity index (χ1n) is 10.3. The van der Waals surface area contributed by atoms with Gasteiger partial charge in [-0.25, -0.2) is 0 Å². The van der Waals surface area contributed by atoms with Crippen LogP contribution in [0.2, 0.25) is 10.0 Å². The van der Waals surface area contributed by atoms with Gasteiger partial charge in [-0.05, 0) is 67.6 Å². The molecule has 0 bridgehead atoms. The first-order valence-corrected chi connectivity index (χ1v) is 11.0. The molecule has 2 amide bonds. The molecule has 7 heteroatoms. The summed E-state index contributed by atoms with van der Waals surface area (Å²) in [7, 11) is 0. The van der Waals surface area contributed by atoms with Crippen molar-refractivity contribution in [3.8, 4) is 5.75 Å². The number of hydrogen-bond acceptors (Lipinski definition) is 3. The summed E-state index contributed by atoms with van der Waals surface area (Å²) in [5.74, 6) is 0.413. The minimum atomic E-state index is -0.677. The van der Waals surface area contributed by atoms with Crippen LogP contribution in [-0.2, 0) is 16.1 Å². The molecule has 0 aromatic heterocycles. The number of ether oxygens (including phenoxy) is 1. The average molecular weight is 465 g/mol. The highest BCUT2D eigenvalue weighted by Crippen LogP contribution is 2.24. The van der Waals surface area contributed by atoms with E-state index in [-0.39, 0.29) is 25.0 Å². The summed E-state index contributed by atoms with van der Waals surface area (Å²) in [5.41, 5.74) is 3.01. The Morgan fingerprint density at radius 3 is 2.32 bits per heavy atom. The number of nitrogens with zero attached hydrogens (tertiary/aromatic N) is 1. The number of aryl methyl sites for hydroxylation is 2. The standard InChI is InChI=1S/C24H30Cl2N2O3/c1-15(2)12-27-24(30)18(5)28(13-19-7-9-21(25)22(26)11-19)23(29)14-31-20-8-6-16(3)17(4)10-20/h6-11,15,18H,12-14H2,1-5H3,(H,27,30). The van der Waals surface area contributed by atoms with Crippen LogP contribution in [0, 0.1) is 19.8 Å². The Bertz CT molecular complexity index is 931. The highest BCUT2D eigenvalue weighted by atomic mass is 35.5. The minimum Gasteiger partial charge on any atom is -0.484 e. The lowest BCUT2D eigenvalue weighted by Crippen LogP contribution is -2.49. The van der Waals surface area contributed by atoms with Gasteiger partial charge >= 0.3 is 0 Å². The smallest absolute Gasteiger partial charge is 0.261 e. The normalized spacial score (nSPS) is 11.9. The second kappa shape index (κ2) is 11.4. The number of nitrogens with one attached hydrogen (secondary N) is 1. The summed E-state index contributed by atoms with van der Waals surface area (Å²) < 4.78 is 5.72. The Balaban J connectivity index is 2.17. The summed E-state index contributed by atoms with van der Waals surface area (Å²) in [6.07, 6.45) is 0. The molecule has 2 aromatic rings. The van der Waals surface area contributed by atoms with Gasteiger partial charge in [-0.2, -0.15) is 0 Å². The average Bonchev–Trinajstić information content (AvgIpc) is 2.72. The van der Waals surface area contributed by atoms with Crippen LogP contribution in [0.5, 0.6) is 5.75 Å². The third-order valence-electron chi connectivity index (χ3n) is 5.03. The van der Waals surface area contributed by atoms with E-state index in [2.05, 4.69) is 5.32 Å². The van der Waals surface area contributed by atoms with E-state index < -0.39 is 6.04 Å². The van der Waals surface area contributed by atoms with Gasteiger partial charge in [0, 0.05) is 13.1 Å². The molecule has 1 N–H and O–H groups in total. The largest absolute Gasteiger partial charge is 0.484 e. The molecule has 0 spiro atoms. The van der Waals surface area contributed by atoms with E-state index >= 15 is 0 Å². The van der Waals surface area contributed by atoms with Crippen molar-refractivity contribution in [2.75, 3.05) is 13.2 Å². The van der Waals surface area contributed by atoms with E-state index in [1.54, 1.807) is 25.1 Å². The van der Waals surface area contributed by atoms with Crippen molar-refractivity contribution < 1.29 is 14.3 Å². The van der Waals surface area contributed by atoms with E-state index in [0.717, 1.165) is 16.7 Å². The van der Waals surface area contributed by atoms with Crippen LogP contribution in [0.25, 0.3) is 0 Å². The number of hydrogen-bond donors (Lipinski definition) is 1. The van der Waals surface area contributed by atoms with Crippen molar-refractivity contribution in [1.82, 2.24) is 10.2 Å². The SMILES string of the molecule is Cc1ccc(OCC(=O)N(Cc2ccc(Cl)c(Cl)c2)C(C)C(=O)NCC(C)C)cc1C. The Hall–Kier alpha value is -2.24. The van der Waals surface area contributed by atoms with Gasteiger partial charge < -0.3 is 15.0 Å². The van der Waals surface area contributed by atoms with Crippen molar-refractivity contribution in [3.05, 3.63) is 63.1 Å². The fraction of sp³-hybridized carbons (Fsp3) is 0.417. The van der Waals surface area contributed by atoms with Crippen LogP contribution >= 0.6 is 23.2 Å². The lowest BCUT2D eigenvalue weighted by Gasteiger charge is -2.29. The van der Waals surface area contributed by atoms with Gasteiger partial charge in [0.15, 0.2) is 6.61 Å². The van der Waals surface area contributed by atoms with Crippen LogP contribution in [-0.4, -0.2) is 35.9 Å². The molecule has 1 unspecified atom stereocenters. The molecule has 0 aliphatic carbocycles. The monoisotopic (exact) mass is 464 g/mol. The topological polar surface area (TPSA) is 58.6 Å². The van der Waals surface area contributed by atoms with Gasteiger partial charge in [0.05, 0.1) is 10.0 Å². The maximum Gasteiger partial charge on any atom is 0.261 e. The van der Waals surface area contributed by atoms with Crippen molar-refractivity contribution in [2.45, 2.75) is 47.2 Å². The molecule has 168 valence electrons. The third-order valence-corrected chi connectivity index (χ3v) is 5.77. The van der Waals surface area contributed by atoms with E-state index in [1.165, 1.54) is 4.90 Å². The summed E-state index contributed by atoms with van der Waals surface area (Å²) >= 11 is 12.1. The molecule has 1 atom stereocenters. The van der Waals surface area contributed by atoms with Crippen LogP contribution in [0.1, 0.15) is 37.5 Å². The molecule has 0 saturated heterocycles. The number of halogens is 2. The van der Waals surface area contributed by atoms with Crippen molar-refractivity contribution in [1.29, 1.82) is 0 Å². The maximum atomic E-state index is 13.1. The van der Waals surface area contributed by atoms with Gasteiger partial charge in [-0.1, -0.05) is 49.2 Å². The predicted octanol–water partition coefficient (Wildman–Crippen LogP) is 5.18. The zero-order valence-corrected chi connectivity index (χ0v) is 20.2. The van der Waals surface area contributed by atoms with Crippen LogP contribution < -0.4 is 10.1 Å². The molecule has 0 aliphatic heterocycles. The highest BCUT2D eigenvalue weighted by Gasteiger charge is 2.26. The zero-order chi connectivity index (χ0) is 23.1. The first-order chi connectivity index (χ1) is 14.6. The number of amides is 2. The van der Waals surface area contributed by atoms with Crippen LogP contribution in [0.4, 0.5) is 0 Å². The number of carbonyl (C=O) groups is 2. The predicted molar refractivity (Wildman–Crippen MR) is 126 cm³/mol. The number of carbonyl (C=O) groups excluding carboxylic acids is 2. The van der Waals surface area contributed by atoms with E-state index in [4.69, 9.17) is 27.9 Å². The second-order valence-corrected chi connectivity index (χ2v) is 8.93. The Kier molecular flexibility index (Phi) is 9.20.